The third-order valence-electron chi connectivity index (χ3n) is 5.98. The van der Waals surface area contributed by atoms with E-state index >= 15 is 0 Å². The first-order chi connectivity index (χ1) is 12.6. The molecule has 4 nitrogen and oxygen atoms in total. The van der Waals surface area contributed by atoms with Gasteiger partial charge in [-0.2, -0.15) is 0 Å². The van der Waals surface area contributed by atoms with Gasteiger partial charge in [-0.1, -0.05) is 36.5 Å². The number of hydrogen-bond acceptors (Lipinski definition) is 3. The van der Waals surface area contributed by atoms with Gasteiger partial charge in [0.25, 0.3) is 0 Å². The second kappa shape index (κ2) is 9.20. The average molecular weight is 358 g/mol. The molecule has 4 heteroatoms. The van der Waals surface area contributed by atoms with Crippen LogP contribution in [0.25, 0.3) is 0 Å². The van der Waals surface area contributed by atoms with Crippen molar-refractivity contribution in [2.75, 3.05) is 0 Å². The van der Waals surface area contributed by atoms with Gasteiger partial charge in [-0.25, -0.2) is 0 Å². The van der Waals surface area contributed by atoms with E-state index in [4.69, 9.17) is 9.84 Å². The van der Waals surface area contributed by atoms with Crippen LogP contribution >= 0.6 is 0 Å². The summed E-state index contributed by atoms with van der Waals surface area (Å²) < 4.78 is 6.02. The fourth-order valence-corrected chi connectivity index (χ4v) is 4.33. The van der Waals surface area contributed by atoms with E-state index in [0.717, 1.165) is 32.1 Å². The molecule has 0 aromatic heterocycles. The van der Waals surface area contributed by atoms with Crippen molar-refractivity contribution in [1.82, 2.24) is 0 Å². The number of hydrogen-bond donors (Lipinski definition) is 1. The van der Waals surface area contributed by atoms with Crippen molar-refractivity contribution >= 4 is 11.9 Å². The van der Waals surface area contributed by atoms with Crippen LogP contribution in [0.2, 0.25) is 0 Å². The van der Waals surface area contributed by atoms with Gasteiger partial charge in [0.15, 0.2) is 0 Å². The summed E-state index contributed by atoms with van der Waals surface area (Å²) in [6.07, 6.45) is 21.0. The molecule has 0 saturated heterocycles. The zero-order chi connectivity index (χ0) is 18.4. The first-order valence-electron chi connectivity index (χ1n) is 10.1. The van der Waals surface area contributed by atoms with Gasteiger partial charge >= 0.3 is 11.9 Å². The van der Waals surface area contributed by atoms with Crippen molar-refractivity contribution in [3.8, 4) is 0 Å². The van der Waals surface area contributed by atoms with Crippen LogP contribution in [0.1, 0.15) is 57.8 Å². The van der Waals surface area contributed by atoms with E-state index < -0.39 is 11.9 Å². The summed E-state index contributed by atoms with van der Waals surface area (Å²) in [6, 6.07) is 0. The molecule has 26 heavy (non-hydrogen) atoms. The Labute approximate surface area is 156 Å². The molecule has 0 aromatic rings. The monoisotopic (exact) mass is 358 g/mol. The van der Waals surface area contributed by atoms with Crippen LogP contribution in [-0.4, -0.2) is 23.1 Å². The Kier molecular flexibility index (Phi) is 6.70. The highest BCUT2D eigenvalue weighted by atomic mass is 16.5. The van der Waals surface area contributed by atoms with Crippen LogP contribution in [-0.2, 0) is 14.3 Å². The number of ether oxygens (including phenoxy) is 1. The van der Waals surface area contributed by atoms with Gasteiger partial charge in [0.2, 0.25) is 0 Å². The number of allylic oxidation sites excluding steroid dienone is 4. The average Bonchev–Trinajstić information content (AvgIpc) is 2.69. The molecule has 5 unspecified atom stereocenters. The number of carbonyl (C=O) groups is 2. The lowest BCUT2D eigenvalue weighted by molar-refractivity contribution is -0.157. The maximum absolute atomic E-state index is 12.7. The molecule has 0 heterocycles. The van der Waals surface area contributed by atoms with Crippen molar-refractivity contribution in [2.24, 2.45) is 23.7 Å². The van der Waals surface area contributed by atoms with Gasteiger partial charge < -0.3 is 9.84 Å². The van der Waals surface area contributed by atoms with E-state index in [1.54, 1.807) is 12.2 Å². The van der Waals surface area contributed by atoms with Gasteiger partial charge in [-0.3, -0.25) is 9.59 Å². The van der Waals surface area contributed by atoms with E-state index in [1.165, 1.54) is 12.8 Å². The van der Waals surface area contributed by atoms with Crippen LogP contribution in [0.5, 0.6) is 0 Å². The quantitative estimate of drug-likeness (QED) is 0.554. The fourth-order valence-electron chi connectivity index (χ4n) is 4.33. The zero-order valence-corrected chi connectivity index (χ0v) is 15.4. The second-order valence-electron chi connectivity index (χ2n) is 7.89. The summed E-state index contributed by atoms with van der Waals surface area (Å²) in [7, 11) is 0. The predicted octanol–water partition coefficient (Wildman–Crippen LogP) is 4.67. The Morgan fingerprint density at radius 1 is 0.962 bits per heavy atom. The maximum Gasteiger partial charge on any atom is 0.313 e. The summed E-state index contributed by atoms with van der Waals surface area (Å²) in [5, 5.41) is 9.08. The zero-order valence-electron chi connectivity index (χ0n) is 15.4. The maximum atomic E-state index is 12.7. The minimum Gasteiger partial charge on any atom is -0.481 e. The molecule has 3 aliphatic carbocycles. The number of rotatable bonds is 6. The molecule has 0 bridgehead atoms. The topological polar surface area (TPSA) is 63.6 Å². The summed E-state index contributed by atoms with van der Waals surface area (Å²) in [4.78, 5) is 23.8. The van der Waals surface area contributed by atoms with E-state index in [9.17, 15) is 9.59 Å². The molecular formula is C22H30O4. The highest BCUT2D eigenvalue weighted by Crippen LogP contribution is 2.33. The van der Waals surface area contributed by atoms with Crippen molar-refractivity contribution in [1.29, 1.82) is 0 Å². The molecule has 0 amide bonds. The molecule has 0 aromatic carbocycles. The molecule has 0 radical (unpaired) electrons. The van der Waals surface area contributed by atoms with Gasteiger partial charge in [0, 0.05) is 0 Å². The smallest absolute Gasteiger partial charge is 0.313 e. The number of carboxylic acid groups (broad SMARTS) is 1. The van der Waals surface area contributed by atoms with Gasteiger partial charge in [-0.05, 0) is 69.6 Å². The third kappa shape index (κ3) is 5.09. The Hall–Kier alpha value is -1.84. The van der Waals surface area contributed by atoms with Gasteiger partial charge in [-0.15, -0.1) is 0 Å². The van der Waals surface area contributed by atoms with Crippen molar-refractivity contribution in [3.05, 3.63) is 36.5 Å². The number of carbonyl (C=O) groups excluding carboxylic acids is 1. The first-order valence-corrected chi connectivity index (χ1v) is 10.1. The molecular weight excluding hydrogens is 328 g/mol. The Bertz CT molecular complexity index is 589. The Morgan fingerprint density at radius 3 is 2.38 bits per heavy atom. The van der Waals surface area contributed by atoms with Gasteiger partial charge in [0.1, 0.15) is 6.10 Å². The fraction of sp³-hybridized carbons (Fsp3) is 0.636. The van der Waals surface area contributed by atoms with Crippen LogP contribution in [0.15, 0.2) is 36.5 Å². The van der Waals surface area contributed by atoms with Crippen molar-refractivity contribution in [2.45, 2.75) is 63.9 Å². The molecule has 0 saturated carbocycles. The molecule has 1 N–H and O–H groups in total. The minimum absolute atomic E-state index is 0.0363. The normalized spacial score (nSPS) is 32.2. The lowest BCUT2D eigenvalue weighted by atomic mass is 9.82. The van der Waals surface area contributed by atoms with Crippen LogP contribution in [0, 0.1) is 23.7 Å². The summed E-state index contributed by atoms with van der Waals surface area (Å²) in [5.41, 5.74) is 0. The van der Waals surface area contributed by atoms with E-state index in [0.29, 0.717) is 24.7 Å². The summed E-state index contributed by atoms with van der Waals surface area (Å²) >= 11 is 0. The van der Waals surface area contributed by atoms with Crippen molar-refractivity contribution < 1.29 is 19.4 Å². The van der Waals surface area contributed by atoms with E-state index in [2.05, 4.69) is 24.3 Å². The lowest BCUT2D eigenvalue weighted by Gasteiger charge is -2.32. The van der Waals surface area contributed by atoms with Crippen LogP contribution < -0.4 is 0 Å². The second-order valence-corrected chi connectivity index (χ2v) is 7.89. The Balaban J connectivity index is 1.62. The lowest BCUT2D eigenvalue weighted by Crippen LogP contribution is -2.33. The molecule has 142 valence electrons. The van der Waals surface area contributed by atoms with E-state index in [1.807, 2.05) is 0 Å². The molecule has 3 aliphatic rings. The highest BCUT2D eigenvalue weighted by Gasteiger charge is 2.32. The van der Waals surface area contributed by atoms with E-state index in [-0.39, 0.29) is 18.0 Å². The van der Waals surface area contributed by atoms with Crippen molar-refractivity contribution in [3.63, 3.8) is 0 Å². The minimum atomic E-state index is -0.816. The van der Waals surface area contributed by atoms with Crippen LogP contribution in [0.3, 0.4) is 0 Å². The largest absolute Gasteiger partial charge is 0.481 e. The third-order valence-corrected chi connectivity index (χ3v) is 5.98. The molecule has 3 rings (SSSR count). The molecule has 5 atom stereocenters. The SMILES string of the molecule is O=C(O)C1C=CC(C(=O)OC(CC2C=CCCC2)C2CC=CCC2)CC1. The standard InChI is InChI=1S/C22H30O4/c23-21(24)18-11-13-19(14-12-18)22(25)26-20(17-9-5-2-6-10-17)15-16-7-3-1-4-8-16/h2-3,5,7,11,13,16-20H,1,4,6,8-10,12,14-15H2,(H,23,24). The Morgan fingerprint density at radius 2 is 1.77 bits per heavy atom. The number of aliphatic carboxylic acids is 1. The molecule has 0 fully saturated rings. The summed E-state index contributed by atoms with van der Waals surface area (Å²) in [5.74, 6) is -0.849. The number of carboxylic acids is 1. The summed E-state index contributed by atoms with van der Waals surface area (Å²) in [6.45, 7) is 0. The van der Waals surface area contributed by atoms with Gasteiger partial charge in [0.05, 0.1) is 11.8 Å². The highest BCUT2D eigenvalue weighted by molar-refractivity contribution is 5.77. The van der Waals surface area contributed by atoms with Crippen LogP contribution in [0.4, 0.5) is 0 Å². The predicted molar refractivity (Wildman–Crippen MR) is 100 cm³/mol. The number of esters is 1. The first kappa shape index (κ1) is 18.9. The molecule has 0 aliphatic heterocycles. The molecule has 0 spiro atoms.